The van der Waals surface area contributed by atoms with Crippen molar-refractivity contribution in [1.29, 1.82) is 0 Å². The number of aliphatic hydroxyl groups is 1. The summed E-state index contributed by atoms with van der Waals surface area (Å²) in [5.74, 6) is -0.826. The largest absolute Gasteiger partial charge is 0.481 e. The Morgan fingerprint density at radius 3 is 2.38 bits per heavy atom. The molecule has 0 aliphatic carbocycles. The van der Waals surface area contributed by atoms with Crippen molar-refractivity contribution >= 4 is 5.97 Å². The Labute approximate surface area is 79.0 Å². The van der Waals surface area contributed by atoms with E-state index in [2.05, 4.69) is 5.32 Å². The molecule has 0 rings (SSSR count). The first-order valence-corrected chi connectivity index (χ1v) is 4.51. The summed E-state index contributed by atoms with van der Waals surface area (Å²) >= 11 is 0. The maximum Gasteiger partial charge on any atom is 0.310 e. The van der Waals surface area contributed by atoms with Crippen LogP contribution >= 0.6 is 0 Å². The lowest BCUT2D eigenvalue weighted by molar-refractivity contribution is -0.146. The number of carboxylic acid groups (broad SMARTS) is 1. The average molecular weight is 189 g/mol. The highest BCUT2D eigenvalue weighted by Gasteiger charge is 2.27. The molecule has 3 N–H and O–H groups in total. The van der Waals surface area contributed by atoms with Crippen LogP contribution in [0, 0.1) is 5.41 Å². The Morgan fingerprint density at radius 2 is 2.08 bits per heavy atom. The van der Waals surface area contributed by atoms with Crippen molar-refractivity contribution in [3.05, 3.63) is 0 Å². The van der Waals surface area contributed by atoms with Gasteiger partial charge in [-0.2, -0.15) is 0 Å². The zero-order chi connectivity index (χ0) is 10.5. The molecule has 0 aliphatic heterocycles. The second kappa shape index (κ2) is 5.19. The zero-order valence-corrected chi connectivity index (χ0v) is 8.50. The fourth-order valence-electron chi connectivity index (χ4n) is 0.813. The van der Waals surface area contributed by atoms with Crippen LogP contribution in [0.3, 0.4) is 0 Å². The van der Waals surface area contributed by atoms with Crippen molar-refractivity contribution in [2.24, 2.45) is 5.41 Å². The molecular weight excluding hydrogens is 170 g/mol. The molecule has 0 aliphatic rings. The highest BCUT2D eigenvalue weighted by molar-refractivity contribution is 5.73. The first-order chi connectivity index (χ1) is 5.94. The van der Waals surface area contributed by atoms with Crippen LogP contribution in [0.4, 0.5) is 0 Å². The number of carbonyl (C=O) groups is 1. The van der Waals surface area contributed by atoms with E-state index < -0.39 is 11.4 Å². The SMILES string of the molecule is CCC(CO)NCC(C)(C)C(=O)O. The fourth-order valence-corrected chi connectivity index (χ4v) is 0.813. The van der Waals surface area contributed by atoms with E-state index in [9.17, 15) is 4.79 Å². The Bertz CT molecular complexity index is 164. The van der Waals surface area contributed by atoms with Crippen molar-refractivity contribution in [3.63, 3.8) is 0 Å². The van der Waals surface area contributed by atoms with Gasteiger partial charge in [0, 0.05) is 12.6 Å². The van der Waals surface area contributed by atoms with Gasteiger partial charge in [0.15, 0.2) is 0 Å². The van der Waals surface area contributed by atoms with Crippen molar-refractivity contribution in [1.82, 2.24) is 5.32 Å². The van der Waals surface area contributed by atoms with Gasteiger partial charge in [0.1, 0.15) is 0 Å². The number of nitrogens with one attached hydrogen (secondary N) is 1. The van der Waals surface area contributed by atoms with E-state index in [-0.39, 0.29) is 12.6 Å². The molecule has 13 heavy (non-hydrogen) atoms. The van der Waals surface area contributed by atoms with E-state index in [1.165, 1.54) is 0 Å². The molecule has 0 radical (unpaired) electrons. The first-order valence-electron chi connectivity index (χ1n) is 4.51. The van der Waals surface area contributed by atoms with Crippen LogP contribution in [-0.4, -0.2) is 35.4 Å². The third kappa shape index (κ3) is 4.24. The molecule has 1 atom stereocenters. The Hall–Kier alpha value is -0.610. The number of hydrogen-bond donors (Lipinski definition) is 3. The van der Waals surface area contributed by atoms with Gasteiger partial charge in [-0.25, -0.2) is 0 Å². The molecule has 0 bridgehead atoms. The molecule has 0 amide bonds. The van der Waals surface area contributed by atoms with E-state index in [0.717, 1.165) is 6.42 Å². The zero-order valence-electron chi connectivity index (χ0n) is 8.50. The molecule has 0 aromatic heterocycles. The summed E-state index contributed by atoms with van der Waals surface area (Å²) in [4.78, 5) is 10.7. The summed E-state index contributed by atoms with van der Waals surface area (Å²) in [6.07, 6.45) is 0.798. The van der Waals surface area contributed by atoms with E-state index in [1.807, 2.05) is 6.92 Å². The molecular formula is C9H19NO3. The minimum Gasteiger partial charge on any atom is -0.481 e. The standard InChI is InChI=1S/C9H19NO3/c1-4-7(5-11)10-6-9(2,3)8(12)13/h7,10-11H,4-6H2,1-3H3,(H,12,13). The summed E-state index contributed by atoms with van der Waals surface area (Å²) in [5.41, 5.74) is -0.775. The minimum absolute atomic E-state index is 0.00127. The summed E-state index contributed by atoms with van der Waals surface area (Å²) in [5, 5.41) is 20.7. The third-order valence-corrected chi connectivity index (χ3v) is 2.12. The molecule has 0 saturated carbocycles. The highest BCUT2D eigenvalue weighted by atomic mass is 16.4. The van der Waals surface area contributed by atoms with E-state index in [0.29, 0.717) is 6.54 Å². The van der Waals surface area contributed by atoms with E-state index in [4.69, 9.17) is 10.2 Å². The highest BCUT2D eigenvalue weighted by Crippen LogP contribution is 2.13. The summed E-state index contributed by atoms with van der Waals surface area (Å²) in [7, 11) is 0. The topological polar surface area (TPSA) is 69.6 Å². The number of aliphatic carboxylic acids is 1. The second-order valence-corrected chi connectivity index (χ2v) is 3.86. The quantitative estimate of drug-likeness (QED) is 0.567. The van der Waals surface area contributed by atoms with Gasteiger partial charge in [0.2, 0.25) is 0 Å². The van der Waals surface area contributed by atoms with Crippen molar-refractivity contribution in [2.75, 3.05) is 13.2 Å². The minimum atomic E-state index is -0.826. The predicted octanol–water partition coefficient (Wildman–Crippen LogP) is 0.458. The lowest BCUT2D eigenvalue weighted by atomic mass is 9.93. The van der Waals surface area contributed by atoms with Crippen LogP contribution in [0.25, 0.3) is 0 Å². The van der Waals surface area contributed by atoms with Crippen LogP contribution in [0.2, 0.25) is 0 Å². The first kappa shape index (κ1) is 12.4. The Morgan fingerprint density at radius 1 is 1.54 bits per heavy atom. The van der Waals surface area contributed by atoms with Gasteiger partial charge in [-0.1, -0.05) is 6.92 Å². The van der Waals surface area contributed by atoms with E-state index >= 15 is 0 Å². The van der Waals surface area contributed by atoms with E-state index in [1.54, 1.807) is 13.8 Å². The second-order valence-electron chi connectivity index (χ2n) is 3.86. The van der Waals surface area contributed by atoms with Crippen LogP contribution in [-0.2, 0) is 4.79 Å². The Kier molecular flexibility index (Phi) is 4.95. The molecule has 4 heteroatoms. The maximum absolute atomic E-state index is 10.7. The van der Waals surface area contributed by atoms with Crippen LogP contribution in [0.5, 0.6) is 0 Å². The molecule has 0 heterocycles. The van der Waals surface area contributed by atoms with Crippen LogP contribution in [0.15, 0.2) is 0 Å². The number of hydrogen-bond acceptors (Lipinski definition) is 3. The van der Waals surface area contributed by atoms with Crippen LogP contribution in [0.1, 0.15) is 27.2 Å². The molecule has 0 spiro atoms. The predicted molar refractivity (Wildman–Crippen MR) is 50.6 cm³/mol. The number of carboxylic acids is 1. The summed E-state index contributed by atoms with van der Waals surface area (Å²) < 4.78 is 0. The molecule has 0 aromatic carbocycles. The normalized spacial score (nSPS) is 14.2. The molecule has 0 fully saturated rings. The van der Waals surface area contributed by atoms with Gasteiger partial charge in [0.25, 0.3) is 0 Å². The molecule has 4 nitrogen and oxygen atoms in total. The lowest BCUT2D eigenvalue weighted by Crippen LogP contribution is -2.42. The lowest BCUT2D eigenvalue weighted by Gasteiger charge is -2.23. The van der Waals surface area contributed by atoms with Gasteiger partial charge in [-0.3, -0.25) is 4.79 Å². The number of rotatable bonds is 6. The molecule has 0 aromatic rings. The van der Waals surface area contributed by atoms with Gasteiger partial charge in [-0.15, -0.1) is 0 Å². The molecule has 0 saturated heterocycles. The van der Waals surface area contributed by atoms with Gasteiger partial charge in [-0.05, 0) is 20.3 Å². The average Bonchev–Trinajstić information content (AvgIpc) is 2.06. The number of aliphatic hydroxyl groups excluding tert-OH is 1. The Balaban J connectivity index is 3.92. The summed E-state index contributed by atoms with van der Waals surface area (Å²) in [6.45, 7) is 5.69. The molecule has 1 unspecified atom stereocenters. The van der Waals surface area contributed by atoms with Crippen molar-refractivity contribution < 1.29 is 15.0 Å². The van der Waals surface area contributed by atoms with Crippen molar-refractivity contribution in [2.45, 2.75) is 33.2 Å². The smallest absolute Gasteiger partial charge is 0.310 e. The fraction of sp³-hybridized carbons (Fsp3) is 0.889. The van der Waals surface area contributed by atoms with Crippen molar-refractivity contribution in [3.8, 4) is 0 Å². The van der Waals surface area contributed by atoms with Crippen LogP contribution < -0.4 is 5.32 Å². The monoisotopic (exact) mass is 189 g/mol. The molecule has 78 valence electrons. The van der Waals surface area contributed by atoms with Gasteiger partial charge < -0.3 is 15.5 Å². The maximum atomic E-state index is 10.7. The van der Waals surface area contributed by atoms with Gasteiger partial charge in [0.05, 0.1) is 12.0 Å². The summed E-state index contributed by atoms with van der Waals surface area (Å²) in [6, 6.07) is -0.00127. The third-order valence-electron chi connectivity index (χ3n) is 2.12. The van der Waals surface area contributed by atoms with Gasteiger partial charge >= 0.3 is 5.97 Å².